The van der Waals surface area contributed by atoms with Crippen molar-refractivity contribution in [3.63, 3.8) is 0 Å². The SMILES string of the molecule is CCOC(=O)NC(=O)COC(=O)C=Cc1cccc(C(F)(F)F)c1. The number of carbonyl (C=O) groups is 3. The lowest BCUT2D eigenvalue weighted by molar-refractivity contribution is -0.143. The first-order valence-electron chi connectivity index (χ1n) is 6.71. The first-order chi connectivity index (χ1) is 11.2. The van der Waals surface area contributed by atoms with Gasteiger partial charge < -0.3 is 9.47 Å². The topological polar surface area (TPSA) is 81.7 Å². The number of hydrogen-bond acceptors (Lipinski definition) is 5. The number of imide groups is 1. The third kappa shape index (κ3) is 6.95. The van der Waals surface area contributed by atoms with Crippen molar-refractivity contribution in [3.05, 3.63) is 41.5 Å². The van der Waals surface area contributed by atoms with E-state index in [9.17, 15) is 27.6 Å². The largest absolute Gasteiger partial charge is 0.452 e. The molecule has 0 radical (unpaired) electrons. The number of alkyl carbamates (subject to hydrolysis) is 1. The number of alkyl halides is 3. The third-order valence-electron chi connectivity index (χ3n) is 2.49. The highest BCUT2D eigenvalue weighted by molar-refractivity contribution is 5.94. The van der Waals surface area contributed by atoms with Gasteiger partial charge in [0.1, 0.15) is 0 Å². The molecule has 130 valence electrons. The molecular formula is C15H14F3NO5. The number of halogens is 3. The van der Waals surface area contributed by atoms with Gasteiger partial charge in [0.05, 0.1) is 12.2 Å². The minimum Gasteiger partial charge on any atom is -0.452 e. The maximum Gasteiger partial charge on any atom is 0.416 e. The molecule has 0 atom stereocenters. The number of benzene rings is 1. The zero-order valence-electron chi connectivity index (χ0n) is 12.6. The Balaban J connectivity index is 2.52. The summed E-state index contributed by atoms with van der Waals surface area (Å²) in [7, 11) is 0. The smallest absolute Gasteiger partial charge is 0.416 e. The lowest BCUT2D eigenvalue weighted by Gasteiger charge is -2.06. The maximum atomic E-state index is 12.5. The fraction of sp³-hybridized carbons (Fsp3) is 0.267. The van der Waals surface area contributed by atoms with Crippen molar-refractivity contribution in [3.8, 4) is 0 Å². The van der Waals surface area contributed by atoms with E-state index in [0.717, 1.165) is 24.3 Å². The summed E-state index contributed by atoms with van der Waals surface area (Å²) in [5.74, 6) is -1.85. The van der Waals surface area contributed by atoms with E-state index >= 15 is 0 Å². The summed E-state index contributed by atoms with van der Waals surface area (Å²) in [5, 5.41) is 1.81. The second-order valence-corrected chi connectivity index (χ2v) is 4.33. The van der Waals surface area contributed by atoms with Crippen LogP contribution in [0.5, 0.6) is 0 Å². The van der Waals surface area contributed by atoms with E-state index in [0.29, 0.717) is 0 Å². The van der Waals surface area contributed by atoms with Crippen molar-refractivity contribution < 1.29 is 37.0 Å². The van der Waals surface area contributed by atoms with Crippen molar-refractivity contribution in [2.75, 3.05) is 13.2 Å². The van der Waals surface area contributed by atoms with Gasteiger partial charge in [0.2, 0.25) is 0 Å². The monoisotopic (exact) mass is 345 g/mol. The molecule has 1 rings (SSSR count). The van der Waals surface area contributed by atoms with Crippen LogP contribution in [0.1, 0.15) is 18.1 Å². The van der Waals surface area contributed by atoms with Crippen LogP contribution < -0.4 is 5.32 Å². The van der Waals surface area contributed by atoms with Crippen LogP contribution in [-0.4, -0.2) is 31.2 Å². The van der Waals surface area contributed by atoms with Crippen LogP contribution in [-0.2, 0) is 25.2 Å². The van der Waals surface area contributed by atoms with Gasteiger partial charge in [-0.05, 0) is 30.7 Å². The second kappa shape index (κ2) is 8.70. The summed E-state index contributed by atoms with van der Waals surface area (Å²) in [6.45, 7) is 0.881. The van der Waals surface area contributed by atoms with E-state index in [2.05, 4.69) is 9.47 Å². The normalized spacial score (nSPS) is 11.2. The van der Waals surface area contributed by atoms with Crippen LogP contribution in [0.15, 0.2) is 30.3 Å². The second-order valence-electron chi connectivity index (χ2n) is 4.33. The van der Waals surface area contributed by atoms with Gasteiger partial charge in [-0.2, -0.15) is 13.2 Å². The average molecular weight is 345 g/mol. The number of ether oxygens (including phenoxy) is 2. The molecule has 0 saturated heterocycles. The van der Waals surface area contributed by atoms with Gasteiger partial charge in [-0.1, -0.05) is 12.1 Å². The van der Waals surface area contributed by atoms with Crippen molar-refractivity contribution in [1.82, 2.24) is 5.32 Å². The molecule has 0 aromatic heterocycles. The third-order valence-corrected chi connectivity index (χ3v) is 2.49. The Bertz CT molecular complexity index is 640. The molecule has 2 amide bonds. The Morgan fingerprint density at radius 2 is 1.92 bits per heavy atom. The molecular weight excluding hydrogens is 331 g/mol. The molecule has 1 N–H and O–H groups in total. The first kappa shape index (κ1) is 19.2. The first-order valence-corrected chi connectivity index (χ1v) is 6.71. The van der Waals surface area contributed by atoms with Gasteiger partial charge in [0, 0.05) is 6.08 Å². The zero-order chi connectivity index (χ0) is 18.2. The minimum absolute atomic E-state index is 0.0681. The van der Waals surface area contributed by atoms with Crippen molar-refractivity contribution in [2.24, 2.45) is 0 Å². The van der Waals surface area contributed by atoms with Gasteiger partial charge >= 0.3 is 18.2 Å². The Morgan fingerprint density at radius 1 is 1.21 bits per heavy atom. The molecule has 1 aromatic rings. The van der Waals surface area contributed by atoms with E-state index in [1.54, 1.807) is 6.92 Å². The van der Waals surface area contributed by atoms with E-state index in [1.807, 2.05) is 5.32 Å². The minimum atomic E-state index is -4.49. The maximum absolute atomic E-state index is 12.5. The lowest BCUT2D eigenvalue weighted by atomic mass is 10.1. The fourth-order valence-electron chi connectivity index (χ4n) is 1.48. The van der Waals surface area contributed by atoms with Crippen molar-refractivity contribution >= 4 is 24.0 Å². The average Bonchev–Trinajstić information content (AvgIpc) is 2.50. The van der Waals surface area contributed by atoms with Crippen LogP contribution in [0.25, 0.3) is 6.08 Å². The highest BCUT2D eigenvalue weighted by atomic mass is 19.4. The molecule has 9 heteroatoms. The molecule has 0 aliphatic carbocycles. The highest BCUT2D eigenvalue weighted by Crippen LogP contribution is 2.29. The summed E-state index contributed by atoms with van der Waals surface area (Å²) >= 11 is 0. The summed E-state index contributed by atoms with van der Waals surface area (Å²) in [6.07, 6.45) is -3.48. The Morgan fingerprint density at radius 3 is 2.54 bits per heavy atom. The Hall–Kier alpha value is -2.84. The summed E-state index contributed by atoms with van der Waals surface area (Å²) in [6, 6.07) is 4.32. The van der Waals surface area contributed by atoms with Crippen molar-refractivity contribution in [2.45, 2.75) is 13.1 Å². The van der Waals surface area contributed by atoms with E-state index in [4.69, 9.17) is 0 Å². The number of amides is 2. The van der Waals surface area contributed by atoms with Gasteiger partial charge in [0.15, 0.2) is 6.61 Å². The predicted molar refractivity (Wildman–Crippen MR) is 76.6 cm³/mol. The molecule has 0 spiro atoms. The number of esters is 1. The van der Waals surface area contributed by atoms with E-state index in [-0.39, 0.29) is 12.2 Å². The van der Waals surface area contributed by atoms with Crippen LogP contribution in [0.4, 0.5) is 18.0 Å². The molecule has 0 saturated carbocycles. The molecule has 0 bridgehead atoms. The van der Waals surface area contributed by atoms with Gasteiger partial charge in [-0.3, -0.25) is 10.1 Å². The molecule has 24 heavy (non-hydrogen) atoms. The van der Waals surface area contributed by atoms with Gasteiger partial charge in [0.25, 0.3) is 5.91 Å². The van der Waals surface area contributed by atoms with E-state index in [1.165, 1.54) is 12.1 Å². The Kier molecular flexibility index (Phi) is 6.97. The van der Waals surface area contributed by atoms with Crippen LogP contribution in [0, 0.1) is 0 Å². The van der Waals surface area contributed by atoms with Crippen molar-refractivity contribution in [1.29, 1.82) is 0 Å². The molecule has 0 fully saturated rings. The Labute approximate surface area is 135 Å². The fourth-order valence-corrected chi connectivity index (χ4v) is 1.48. The van der Waals surface area contributed by atoms with E-state index < -0.39 is 36.3 Å². The number of rotatable bonds is 5. The number of carbonyl (C=O) groups excluding carboxylic acids is 3. The molecule has 0 aliphatic heterocycles. The molecule has 0 unspecified atom stereocenters. The molecule has 6 nitrogen and oxygen atoms in total. The quantitative estimate of drug-likeness (QED) is 0.655. The number of hydrogen-bond donors (Lipinski definition) is 1. The molecule has 0 heterocycles. The zero-order valence-corrected chi connectivity index (χ0v) is 12.6. The molecule has 1 aromatic carbocycles. The van der Waals surface area contributed by atoms with Gasteiger partial charge in [-0.15, -0.1) is 0 Å². The number of nitrogens with one attached hydrogen (secondary N) is 1. The molecule has 0 aliphatic rings. The lowest BCUT2D eigenvalue weighted by Crippen LogP contribution is -2.34. The summed E-state index contributed by atoms with van der Waals surface area (Å²) in [4.78, 5) is 33.5. The van der Waals surface area contributed by atoms with Crippen LogP contribution in [0.2, 0.25) is 0 Å². The van der Waals surface area contributed by atoms with Gasteiger partial charge in [-0.25, -0.2) is 9.59 Å². The highest BCUT2D eigenvalue weighted by Gasteiger charge is 2.30. The summed E-state index contributed by atoms with van der Waals surface area (Å²) in [5.41, 5.74) is -0.718. The predicted octanol–water partition coefficient (Wildman–Crippen LogP) is 2.53. The summed E-state index contributed by atoms with van der Waals surface area (Å²) < 4.78 is 46.6. The van der Waals surface area contributed by atoms with Crippen LogP contribution >= 0.6 is 0 Å². The van der Waals surface area contributed by atoms with Crippen LogP contribution in [0.3, 0.4) is 0 Å². The standard InChI is InChI=1S/C15H14F3NO5/c1-2-23-14(22)19-12(20)9-24-13(21)7-6-10-4-3-5-11(8-10)15(16,17)18/h3-8H,2,9H2,1H3,(H,19,20,22).